The molecule has 0 radical (unpaired) electrons. The van der Waals surface area contributed by atoms with Crippen LogP contribution in [0.25, 0.3) is 0 Å². The highest BCUT2D eigenvalue weighted by molar-refractivity contribution is 7.47. The molecule has 3 unspecified atom stereocenters. The van der Waals surface area contributed by atoms with Crippen LogP contribution in [0.1, 0.15) is 363 Å². The van der Waals surface area contributed by atoms with Gasteiger partial charge >= 0.3 is 39.5 Å². The van der Waals surface area contributed by atoms with Crippen molar-refractivity contribution in [2.75, 3.05) is 39.6 Å². The largest absolute Gasteiger partial charge is 0.472 e. The van der Waals surface area contributed by atoms with Gasteiger partial charge in [0.2, 0.25) is 0 Å². The Balaban J connectivity index is 5.25. The number of rotatable bonds is 72. The van der Waals surface area contributed by atoms with Gasteiger partial charge in [0.15, 0.2) is 12.2 Å². The molecule has 5 atom stereocenters. The molecule has 0 aromatic rings. The number of aliphatic hydroxyl groups excluding tert-OH is 1. The number of phosphoric acid groups is 2. The van der Waals surface area contributed by atoms with Crippen LogP contribution in [0, 0.1) is 17.8 Å². The number of unbranched alkanes of at least 4 members (excludes halogenated alkanes) is 37. The van der Waals surface area contributed by atoms with Crippen molar-refractivity contribution in [2.45, 2.75) is 381 Å². The molecule has 560 valence electrons. The van der Waals surface area contributed by atoms with Gasteiger partial charge in [-0.1, -0.05) is 310 Å². The first kappa shape index (κ1) is 92.5. The fourth-order valence-corrected chi connectivity index (χ4v) is 12.6. The molecule has 0 aliphatic rings. The first-order valence-electron chi connectivity index (χ1n) is 38.7. The number of carbonyl (C=O) groups is 4. The highest BCUT2D eigenvalue weighted by Gasteiger charge is 2.30. The molecule has 0 aliphatic carbocycles. The number of carbonyl (C=O) groups excluding carboxylic acids is 4. The lowest BCUT2D eigenvalue weighted by Gasteiger charge is -2.21. The molecule has 0 heterocycles. The van der Waals surface area contributed by atoms with E-state index in [-0.39, 0.29) is 25.7 Å². The van der Waals surface area contributed by atoms with Crippen LogP contribution in [0.5, 0.6) is 0 Å². The second-order valence-corrected chi connectivity index (χ2v) is 31.0. The van der Waals surface area contributed by atoms with Crippen molar-refractivity contribution in [3.05, 3.63) is 24.3 Å². The molecule has 0 spiro atoms. The van der Waals surface area contributed by atoms with E-state index in [0.29, 0.717) is 31.6 Å². The van der Waals surface area contributed by atoms with Crippen molar-refractivity contribution in [3.8, 4) is 0 Å². The normalized spacial score (nSPS) is 14.2. The number of aliphatic hydroxyl groups is 1. The molecular weight excluding hydrogens is 1250 g/mol. The predicted molar refractivity (Wildman–Crippen MR) is 386 cm³/mol. The first-order valence-corrected chi connectivity index (χ1v) is 41.7. The number of phosphoric ester groups is 2. The highest BCUT2D eigenvalue weighted by atomic mass is 31.2. The zero-order valence-electron chi connectivity index (χ0n) is 61.6. The zero-order chi connectivity index (χ0) is 70.1. The van der Waals surface area contributed by atoms with Crippen molar-refractivity contribution in [1.29, 1.82) is 0 Å². The van der Waals surface area contributed by atoms with E-state index in [1.54, 1.807) is 0 Å². The lowest BCUT2D eigenvalue weighted by Crippen LogP contribution is -2.30. The maximum Gasteiger partial charge on any atom is 0.472 e. The summed E-state index contributed by atoms with van der Waals surface area (Å²) in [6.45, 7) is 11.8. The van der Waals surface area contributed by atoms with Crippen LogP contribution < -0.4 is 0 Å². The SMILES string of the molecule is CCCCCC/C=C\C=C/CCCCCCCC(=O)O[C@H](COC(=O)CCCCCCCCCCC(C)C)COP(=O)(O)OCC(O)COP(=O)(O)OC[C@@H](COC(=O)CCCCCCCCCC(C)C)OC(=O)CCCCCCCCCCCCCCCCCCC(C)C. The van der Waals surface area contributed by atoms with E-state index in [4.69, 9.17) is 37.0 Å². The highest BCUT2D eigenvalue weighted by Crippen LogP contribution is 2.45. The molecule has 0 rings (SSSR count). The lowest BCUT2D eigenvalue weighted by atomic mass is 10.0. The van der Waals surface area contributed by atoms with E-state index in [2.05, 4.69) is 72.8 Å². The summed E-state index contributed by atoms with van der Waals surface area (Å²) in [5, 5.41) is 10.6. The Hall–Kier alpha value is -2.46. The van der Waals surface area contributed by atoms with E-state index < -0.39 is 97.5 Å². The number of esters is 4. The quantitative estimate of drug-likeness (QED) is 0.0169. The monoisotopic (exact) mass is 1390 g/mol. The second kappa shape index (κ2) is 66.1. The summed E-state index contributed by atoms with van der Waals surface area (Å²) < 4.78 is 68.4. The molecule has 0 bridgehead atoms. The maximum absolute atomic E-state index is 13.1. The number of ether oxygens (including phenoxy) is 4. The Morgan fingerprint density at radius 1 is 0.326 bits per heavy atom. The van der Waals surface area contributed by atoms with Crippen molar-refractivity contribution < 1.29 is 80.2 Å². The molecule has 0 aromatic heterocycles. The van der Waals surface area contributed by atoms with Gasteiger partial charge in [0.25, 0.3) is 0 Å². The Morgan fingerprint density at radius 2 is 0.568 bits per heavy atom. The number of hydrogen-bond donors (Lipinski definition) is 3. The molecule has 3 N–H and O–H groups in total. The van der Waals surface area contributed by atoms with Crippen LogP contribution in [-0.2, 0) is 65.4 Å². The third kappa shape index (κ3) is 69.8. The minimum atomic E-state index is -4.96. The number of hydrogen-bond acceptors (Lipinski definition) is 15. The van der Waals surface area contributed by atoms with E-state index in [1.807, 2.05) is 0 Å². The average molecular weight is 1390 g/mol. The van der Waals surface area contributed by atoms with E-state index in [1.165, 1.54) is 148 Å². The van der Waals surface area contributed by atoms with Gasteiger partial charge in [-0.15, -0.1) is 0 Å². The summed E-state index contributed by atoms with van der Waals surface area (Å²) in [5.74, 6) is 0.0839. The van der Waals surface area contributed by atoms with Gasteiger partial charge in [-0.25, -0.2) is 9.13 Å². The van der Waals surface area contributed by atoms with Gasteiger partial charge in [-0.3, -0.25) is 37.3 Å². The third-order valence-corrected chi connectivity index (χ3v) is 18.9. The van der Waals surface area contributed by atoms with Gasteiger partial charge in [0.1, 0.15) is 19.3 Å². The molecule has 0 saturated heterocycles. The first-order chi connectivity index (χ1) is 45.7. The van der Waals surface area contributed by atoms with Crippen molar-refractivity contribution in [1.82, 2.24) is 0 Å². The average Bonchev–Trinajstić information content (AvgIpc) is 1.57. The van der Waals surface area contributed by atoms with Gasteiger partial charge in [0, 0.05) is 25.7 Å². The Labute approximate surface area is 580 Å². The summed E-state index contributed by atoms with van der Waals surface area (Å²) in [4.78, 5) is 72.7. The van der Waals surface area contributed by atoms with Crippen LogP contribution >= 0.6 is 15.6 Å². The smallest absolute Gasteiger partial charge is 0.462 e. The van der Waals surface area contributed by atoms with Gasteiger partial charge in [-0.05, 0) is 69.1 Å². The van der Waals surface area contributed by atoms with Crippen molar-refractivity contribution in [2.24, 2.45) is 17.8 Å². The van der Waals surface area contributed by atoms with Crippen LogP contribution in [0.3, 0.4) is 0 Å². The van der Waals surface area contributed by atoms with Gasteiger partial charge in [0.05, 0.1) is 26.4 Å². The van der Waals surface area contributed by atoms with E-state index in [0.717, 1.165) is 127 Å². The summed E-state index contributed by atoms with van der Waals surface area (Å²) in [5.41, 5.74) is 0. The zero-order valence-corrected chi connectivity index (χ0v) is 63.4. The van der Waals surface area contributed by atoms with Crippen LogP contribution in [-0.4, -0.2) is 96.7 Å². The van der Waals surface area contributed by atoms with Crippen molar-refractivity contribution in [3.63, 3.8) is 0 Å². The van der Waals surface area contributed by atoms with Gasteiger partial charge < -0.3 is 33.8 Å². The minimum Gasteiger partial charge on any atom is -0.462 e. The molecule has 0 amide bonds. The maximum atomic E-state index is 13.1. The summed E-state index contributed by atoms with van der Waals surface area (Å²) in [6.07, 6.45) is 55.1. The molecule has 17 nitrogen and oxygen atoms in total. The standard InChI is InChI=1S/C76H144O17P2/c1-8-9-10-11-12-13-14-15-18-22-25-28-37-45-52-59-75(80)92-71(63-86-73(78)57-50-43-36-31-30-34-41-48-55-68(4)5)65-90-94(82,83)88-61-70(77)62-89-95(84,85)91-66-72(64-87-74(79)58-51-44-39-32-35-42-49-56-69(6)7)93-76(81)60-53-46-38-29-26-23-20-17-16-19-21-24-27-33-40-47-54-67(2)3/h13-15,18,67-72,77H,8-12,16-17,19-66H2,1-7H3,(H,82,83)(H,84,85)/b14-13-,18-15-/t70?,71-,72-/m1/s1. The topological polar surface area (TPSA) is 237 Å². The molecular formula is C76H144O17P2. The fourth-order valence-electron chi connectivity index (χ4n) is 11.1. The lowest BCUT2D eigenvalue weighted by molar-refractivity contribution is -0.161. The van der Waals surface area contributed by atoms with Crippen molar-refractivity contribution >= 4 is 39.5 Å². The van der Waals surface area contributed by atoms with Crippen LogP contribution in [0.4, 0.5) is 0 Å². The summed E-state index contributed by atoms with van der Waals surface area (Å²) >= 11 is 0. The molecule has 19 heteroatoms. The van der Waals surface area contributed by atoms with Crippen LogP contribution in [0.2, 0.25) is 0 Å². The van der Waals surface area contributed by atoms with E-state index >= 15 is 0 Å². The minimum absolute atomic E-state index is 0.0841. The molecule has 0 aliphatic heterocycles. The number of allylic oxidation sites excluding steroid dienone is 4. The Bertz CT molecular complexity index is 1950. The second-order valence-electron chi connectivity index (χ2n) is 28.1. The molecule has 0 fully saturated rings. The third-order valence-electron chi connectivity index (χ3n) is 17.0. The molecule has 95 heavy (non-hydrogen) atoms. The summed E-state index contributed by atoms with van der Waals surface area (Å²) in [7, 11) is -9.92. The predicted octanol–water partition coefficient (Wildman–Crippen LogP) is 21.7. The van der Waals surface area contributed by atoms with E-state index in [9.17, 15) is 43.2 Å². The van der Waals surface area contributed by atoms with Crippen LogP contribution in [0.15, 0.2) is 24.3 Å². The Morgan fingerprint density at radius 3 is 0.853 bits per heavy atom. The Kier molecular flexibility index (Phi) is 64.4. The van der Waals surface area contributed by atoms with Gasteiger partial charge in [-0.2, -0.15) is 0 Å². The fraction of sp³-hybridized carbons (Fsp3) is 0.895. The summed E-state index contributed by atoms with van der Waals surface area (Å²) in [6, 6.07) is 0. The molecule has 0 aromatic carbocycles. The molecule has 0 saturated carbocycles.